The number of aromatic nitrogens is 3. The first-order valence-corrected chi connectivity index (χ1v) is 6.12. The molecule has 0 aliphatic carbocycles. The predicted molar refractivity (Wildman–Crippen MR) is 70.0 cm³/mol. The van der Waals surface area contributed by atoms with Crippen LogP contribution in [0.2, 0.25) is 0 Å². The van der Waals surface area contributed by atoms with E-state index in [4.69, 9.17) is 4.74 Å². The average molecular weight is 260 g/mol. The highest BCUT2D eigenvalue weighted by Gasteiger charge is 2.12. The van der Waals surface area contributed by atoms with Gasteiger partial charge in [-0.25, -0.2) is 14.8 Å². The van der Waals surface area contributed by atoms with Gasteiger partial charge in [0.15, 0.2) is 0 Å². The fraction of sp³-hybridized carbons (Fsp3) is 0.308. The molecule has 0 radical (unpaired) electrons. The number of carbonyl (C=O) groups excluding carboxylic acids is 1. The normalized spacial score (nSPS) is 10.2. The lowest BCUT2D eigenvalue weighted by Gasteiger charge is -2.20. The predicted octanol–water partition coefficient (Wildman–Crippen LogP) is 1.65. The molecule has 2 aromatic heterocycles. The van der Waals surface area contributed by atoms with Gasteiger partial charge in [0.1, 0.15) is 12.9 Å². The van der Waals surface area contributed by atoms with Crippen LogP contribution in [0.5, 0.6) is 5.88 Å². The van der Waals surface area contributed by atoms with Gasteiger partial charge in [0.2, 0.25) is 5.88 Å². The van der Waals surface area contributed by atoms with Crippen molar-refractivity contribution >= 4 is 6.03 Å². The molecule has 0 aliphatic heterocycles. The zero-order chi connectivity index (χ0) is 13.5. The molecule has 0 saturated heterocycles. The summed E-state index contributed by atoms with van der Waals surface area (Å²) >= 11 is 0. The van der Waals surface area contributed by atoms with E-state index in [0.29, 0.717) is 25.6 Å². The monoisotopic (exact) mass is 260 g/mol. The molecule has 0 aliphatic rings. The highest BCUT2D eigenvalue weighted by Crippen LogP contribution is 2.03. The van der Waals surface area contributed by atoms with Gasteiger partial charge in [-0.3, -0.25) is 4.57 Å². The standard InChI is InChI=1S/C13H16N4O2/c1-2-16(13(18)17-8-7-14-11-17)9-10-19-12-5-3-4-6-15-12/h3-8,11H,2,9-10H2,1H3. The van der Waals surface area contributed by atoms with Crippen molar-refractivity contribution in [3.63, 3.8) is 0 Å². The largest absolute Gasteiger partial charge is 0.476 e. The van der Waals surface area contributed by atoms with Crippen molar-refractivity contribution in [2.45, 2.75) is 6.92 Å². The molecule has 0 bridgehead atoms. The van der Waals surface area contributed by atoms with Crippen LogP contribution in [-0.4, -0.2) is 45.2 Å². The van der Waals surface area contributed by atoms with E-state index in [-0.39, 0.29) is 6.03 Å². The molecule has 0 spiro atoms. The maximum absolute atomic E-state index is 12.1. The van der Waals surface area contributed by atoms with Gasteiger partial charge in [0.05, 0.1) is 6.54 Å². The van der Waals surface area contributed by atoms with Gasteiger partial charge in [-0.15, -0.1) is 0 Å². The zero-order valence-corrected chi connectivity index (χ0v) is 10.8. The summed E-state index contributed by atoms with van der Waals surface area (Å²) in [6.07, 6.45) is 6.37. The number of imidazole rings is 1. The third-order valence-electron chi connectivity index (χ3n) is 2.63. The second kappa shape index (κ2) is 6.53. The molecule has 19 heavy (non-hydrogen) atoms. The minimum atomic E-state index is -0.107. The molecule has 100 valence electrons. The Morgan fingerprint density at radius 3 is 2.95 bits per heavy atom. The number of rotatable bonds is 5. The average Bonchev–Trinajstić information content (AvgIpc) is 2.98. The molecule has 6 heteroatoms. The smallest absolute Gasteiger partial charge is 0.329 e. The Labute approximate surface area is 111 Å². The van der Waals surface area contributed by atoms with Crippen LogP contribution in [0, 0.1) is 0 Å². The van der Waals surface area contributed by atoms with Crippen molar-refractivity contribution in [3.05, 3.63) is 43.1 Å². The fourth-order valence-electron chi connectivity index (χ4n) is 1.62. The lowest BCUT2D eigenvalue weighted by molar-refractivity contribution is 0.185. The van der Waals surface area contributed by atoms with Crippen LogP contribution < -0.4 is 4.74 Å². The van der Waals surface area contributed by atoms with Crippen LogP contribution in [0.3, 0.4) is 0 Å². The van der Waals surface area contributed by atoms with Crippen molar-refractivity contribution in [3.8, 4) is 5.88 Å². The number of likely N-dealkylation sites (N-methyl/N-ethyl adjacent to an activating group) is 1. The zero-order valence-electron chi connectivity index (χ0n) is 10.8. The van der Waals surface area contributed by atoms with Crippen molar-refractivity contribution in [2.75, 3.05) is 19.7 Å². The maximum Gasteiger partial charge on any atom is 0.329 e. The molecule has 1 amide bonds. The minimum Gasteiger partial charge on any atom is -0.476 e. The molecule has 0 aromatic carbocycles. The van der Waals surface area contributed by atoms with E-state index in [1.165, 1.54) is 10.9 Å². The van der Waals surface area contributed by atoms with Gasteiger partial charge in [-0.1, -0.05) is 6.07 Å². The lowest BCUT2D eigenvalue weighted by Crippen LogP contribution is -2.37. The highest BCUT2D eigenvalue weighted by molar-refractivity contribution is 5.76. The quantitative estimate of drug-likeness (QED) is 0.820. The van der Waals surface area contributed by atoms with Gasteiger partial charge in [-0.05, 0) is 13.0 Å². The lowest BCUT2D eigenvalue weighted by atomic mass is 10.5. The summed E-state index contributed by atoms with van der Waals surface area (Å²) in [5.41, 5.74) is 0. The van der Waals surface area contributed by atoms with Gasteiger partial charge in [0, 0.05) is 31.2 Å². The number of hydrogen-bond acceptors (Lipinski definition) is 4. The van der Waals surface area contributed by atoms with Gasteiger partial charge in [0.25, 0.3) is 0 Å². The Morgan fingerprint density at radius 1 is 1.42 bits per heavy atom. The van der Waals surface area contributed by atoms with Crippen LogP contribution in [-0.2, 0) is 0 Å². The summed E-state index contributed by atoms with van der Waals surface area (Å²) in [7, 11) is 0. The number of nitrogens with zero attached hydrogens (tertiary/aromatic N) is 4. The van der Waals surface area contributed by atoms with Crippen LogP contribution in [0.1, 0.15) is 6.92 Å². The summed E-state index contributed by atoms with van der Waals surface area (Å²) in [6, 6.07) is 5.36. The Kier molecular flexibility index (Phi) is 4.49. The maximum atomic E-state index is 12.1. The molecule has 0 N–H and O–H groups in total. The van der Waals surface area contributed by atoms with E-state index in [1.54, 1.807) is 29.6 Å². The van der Waals surface area contributed by atoms with Crippen molar-refractivity contribution in [1.29, 1.82) is 0 Å². The summed E-state index contributed by atoms with van der Waals surface area (Å²) in [5, 5.41) is 0. The third kappa shape index (κ3) is 3.54. The Balaban J connectivity index is 1.85. The van der Waals surface area contributed by atoms with E-state index < -0.39 is 0 Å². The number of hydrogen-bond donors (Lipinski definition) is 0. The van der Waals surface area contributed by atoms with E-state index in [2.05, 4.69) is 9.97 Å². The molecule has 2 aromatic rings. The van der Waals surface area contributed by atoms with Crippen LogP contribution in [0.15, 0.2) is 43.1 Å². The first-order chi connectivity index (χ1) is 9.31. The molecule has 0 atom stereocenters. The Hall–Kier alpha value is -2.37. The second-order valence-corrected chi connectivity index (χ2v) is 3.85. The van der Waals surface area contributed by atoms with E-state index in [1.807, 2.05) is 19.1 Å². The Bertz CT molecular complexity index is 499. The fourth-order valence-corrected chi connectivity index (χ4v) is 1.62. The van der Waals surface area contributed by atoms with E-state index in [9.17, 15) is 4.79 Å². The van der Waals surface area contributed by atoms with E-state index >= 15 is 0 Å². The highest BCUT2D eigenvalue weighted by atomic mass is 16.5. The first kappa shape index (κ1) is 13.1. The second-order valence-electron chi connectivity index (χ2n) is 3.85. The summed E-state index contributed by atoms with van der Waals surface area (Å²) in [4.78, 5) is 21.7. The molecule has 6 nitrogen and oxygen atoms in total. The topological polar surface area (TPSA) is 60.2 Å². The molecule has 2 heterocycles. The number of ether oxygens (including phenoxy) is 1. The summed E-state index contributed by atoms with van der Waals surface area (Å²) in [5.74, 6) is 0.564. The number of amides is 1. The summed E-state index contributed by atoms with van der Waals surface area (Å²) in [6.45, 7) is 3.45. The van der Waals surface area contributed by atoms with Crippen LogP contribution in [0.25, 0.3) is 0 Å². The molecular weight excluding hydrogens is 244 g/mol. The van der Waals surface area contributed by atoms with Gasteiger partial charge in [-0.2, -0.15) is 0 Å². The molecular formula is C13H16N4O2. The summed E-state index contributed by atoms with van der Waals surface area (Å²) < 4.78 is 6.92. The number of carbonyl (C=O) groups is 1. The first-order valence-electron chi connectivity index (χ1n) is 6.12. The molecule has 2 rings (SSSR count). The minimum absolute atomic E-state index is 0.107. The molecule has 0 saturated carbocycles. The molecule has 0 unspecified atom stereocenters. The van der Waals surface area contributed by atoms with Crippen LogP contribution >= 0.6 is 0 Å². The van der Waals surface area contributed by atoms with E-state index in [0.717, 1.165) is 0 Å². The van der Waals surface area contributed by atoms with Crippen LogP contribution in [0.4, 0.5) is 4.79 Å². The van der Waals surface area contributed by atoms with Crippen molar-refractivity contribution < 1.29 is 9.53 Å². The van der Waals surface area contributed by atoms with Gasteiger partial charge < -0.3 is 9.64 Å². The third-order valence-corrected chi connectivity index (χ3v) is 2.63. The van der Waals surface area contributed by atoms with Gasteiger partial charge >= 0.3 is 6.03 Å². The van der Waals surface area contributed by atoms with Crippen molar-refractivity contribution in [2.24, 2.45) is 0 Å². The van der Waals surface area contributed by atoms with Crippen molar-refractivity contribution in [1.82, 2.24) is 19.4 Å². The molecule has 0 fully saturated rings. The number of pyridine rings is 1. The SMILES string of the molecule is CCN(CCOc1ccccn1)C(=O)n1ccnc1. The Morgan fingerprint density at radius 2 is 2.32 bits per heavy atom.